The lowest BCUT2D eigenvalue weighted by Gasteiger charge is -2.37. The zero-order valence-corrected chi connectivity index (χ0v) is 23.6. The maximum atomic E-state index is 13.7. The molecule has 7 nitrogen and oxygen atoms in total. The Hall–Kier alpha value is -3.94. The highest BCUT2D eigenvalue weighted by atomic mass is 35.5. The van der Waals surface area contributed by atoms with E-state index in [1.54, 1.807) is 21.9 Å². The van der Waals surface area contributed by atoms with Crippen molar-refractivity contribution in [1.29, 1.82) is 0 Å². The van der Waals surface area contributed by atoms with Crippen LogP contribution in [0.1, 0.15) is 28.9 Å². The minimum absolute atomic E-state index is 0.0700. The minimum Gasteiger partial charge on any atom is -0.352 e. The monoisotopic (exact) mass is 573 g/mol. The second kappa shape index (κ2) is 12.5. The Bertz CT molecular complexity index is 1460. The van der Waals surface area contributed by atoms with Gasteiger partial charge in [-0.1, -0.05) is 83.9 Å². The van der Waals surface area contributed by atoms with E-state index >= 15 is 0 Å². The van der Waals surface area contributed by atoms with E-state index in [0.29, 0.717) is 36.8 Å². The maximum absolute atomic E-state index is 13.7. The summed E-state index contributed by atoms with van der Waals surface area (Å²) in [5.41, 5.74) is 3.07. The fourth-order valence-electron chi connectivity index (χ4n) is 4.80. The number of amides is 2. The second-order valence-electron chi connectivity index (χ2n) is 9.65. The summed E-state index contributed by atoms with van der Waals surface area (Å²) in [6.45, 7) is 4.13. The topological polar surface area (TPSA) is 69.6 Å². The van der Waals surface area contributed by atoms with E-state index in [4.69, 9.17) is 23.2 Å². The van der Waals surface area contributed by atoms with Gasteiger partial charge in [-0.3, -0.25) is 9.59 Å². The number of aromatic nitrogens is 2. The highest BCUT2D eigenvalue weighted by molar-refractivity contribution is 6.36. The normalized spacial score (nSPS) is 14.1. The average Bonchev–Trinajstić information content (AvgIpc) is 3.00. The van der Waals surface area contributed by atoms with E-state index in [2.05, 4.69) is 15.1 Å². The number of hydrogen-bond acceptors (Lipinski definition) is 5. The zero-order chi connectivity index (χ0) is 28.1. The van der Waals surface area contributed by atoms with E-state index in [1.807, 2.05) is 79.7 Å². The van der Waals surface area contributed by atoms with E-state index in [9.17, 15) is 9.59 Å². The van der Waals surface area contributed by atoms with Crippen molar-refractivity contribution in [3.05, 3.63) is 112 Å². The van der Waals surface area contributed by atoms with Crippen LogP contribution in [0, 0.1) is 0 Å². The third kappa shape index (κ3) is 6.27. The van der Waals surface area contributed by atoms with Gasteiger partial charge >= 0.3 is 0 Å². The number of anilines is 1. The van der Waals surface area contributed by atoms with E-state index in [-0.39, 0.29) is 29.4 Å². The Kier molecular flexibility index (Phi) is 8.63. The molecule has 2 heterocycles. The average molecular weight is 575 g/mol. The molecule has 1 atom stereocenters. The number of carbonyl (C=O) groups is 2. The van der Waals surface area contributed by atoms with Gasteiger partial charge in [-0.2, -0.15) is 0 Å². The van der Waals surface area contributed by atoms with E-state index < -0.39 is 0 Å². The lowest BCUT2D eigenvalue weighted by atomic mass is 10.1. The summed E-state index contributed by atoms with van der Waals surface area (Å²) in [6.07, 6.45) is 0. The fourth-order valence-corrected chi connectivity index (χ4v) is 5.29. The maximum Gasteiger partial charge on any atom is 0.256 e. The molecule has 0 spiro atoms. The van der Waals surface area contributed by atoms with E-state index in [1.165, 1.54) is 6.07 Å². The van der Waals surface area contributed by atoms with Crippen molar-refractivity contribution in [2.75, 3.05) is 37.6 Å². The molecule has 3 aromatic carbocycles. The summed E-state index contributed by atoms with van der Waals surface area (Å²) >= 11 is 12.4. The minimum atomic E-state index is -0.343. The molecule has 204 valence electrons. The van der Waals surface area contributed by atoms with Gasteiger partial charge in [-0.05, 0) is 42.8 Å². The van der Waals surface area contributed by atoms with Gasteiger partial charge in [-0.15, -0.1) is 10.2 Å². The van der Waals surface area contributed by atoms with E-state index in [0.717, 1.165) is 22.6 Å². The SMILES string of the molecule is CC(c1ccccc1)N(CC(=O)N1CCN(c2ccc(-c3ccccc3)nn2)CC1)C(=O)c1ccc(Cl)cc1Cl. The van der Waals surface area contributed by atoms with Gasteiger partial charge < -0.3 is 14.7 Å². The van der Waals surface area contributed by atoms with Crippen molar-refractivity contribution in [2.24, 2.45) is 0 Å². The third-order valence-electron chi connectivity index (χ3n) is 7.15. The van der Waals surface area contributed by atoms with Crippen LogP contribution < -0.4 is 4.90 Å². The molecule has 40 heavy (non-hydrogen) atoms. The van der Waals surface area contributed by atoms with Gasteiger partial charge in [0.05, 0.1) is 22.3 Å². The molecule has 0 aliphatic carbocycles. The molecule has 0 bridgehead atoms. The largest absolute Gasteiger partial charge is 0.352 e. The standard InChI is InChI=1S/C31H29Cl2N5O2/c1-22(23-8-4-2-5-9-23)38(31(40)26-13-12-25(32)20-27(26)33)21-30(39)37-18-16-36(17-19-37)29-15-14-28(34-35-29)24-10-6-3-7-11-24/h2-15,20,22H,16-19,21H2,1H3. The van der Waals surface area contributed by atoms with Crippen LogP contribution in [0.4, 0.5) is 5.82 Å². The fraction of sp³-hybridized carbons (Fsp3) is 0.226. The molecule has 0 N–H and O–H groups in total. The molecule has 1 unspecified atom stereocenters. The molecule has 1 fully saturated rings. The molecule has 1 saturated heterocycles. The van der Waals surface area contributed by atoms with Crippen molar-refractivity contribution in [1.82, 2.24) is 20.0 Å². The number of carbonyl (C=O) groups excluding carboxylic acids is 2. The molecule has 4 aromatic rings. The van der Waals surface area contributed by atoms with Gasteiger partial charge in [0.25, 0.3) is 5.91 Å². The summed E-state index contributed by atoms with van der Waals surface area (Å²) in [5, 5.41) is 9.51. The molecule has 2 amide bonds. The highest BCUT2D eigenvalue weighted by Crippen LogP contribution is 2.27. The van der Waals surface area contributed by atoms with Gasteiger partial charge in [0, 0.05) is 36.8 Å². The van der Waals surface area contributed by atoms with Crippen molar-refractivity contribution < 1.29 is 9.59 Å². The van der Waals surface area contributed by atoms with Gasteiger partial charge in [0.1, 0.15) is 6.54 Å². The first-order valence-electron chi connectivity index (χ1n) is 13.1. The number of halogens is 2. The number of nitrogens with zero attached hydrogens (tertiary/aromatic N) is 5. The number of benzene rings is 3. The van der Waals surface area contributed by atoms with Crippen LogP contribution in [0.25, 0.3) is 11.3 Å². The Morgan fingerprint density at radius 1 is 0.850 bits per heavy atom. The van der Waals surface area contributed by atoms with Gasteiger partial charge in [0.2, 0.25) is 5.91 Å². The first-order valence-corrected chi connectivity index (χ1v) is 13.9. The molecule has 9 heteroatoms. The summed E-state index contributed by atoms with van der Waals surface area (Å²) in [7, 11) is 0. The number of hydrogen-bond donors (Lipinski definition) is 0. The number of rotatable bonds is 7. The number of piperazine rings is 1. The summed E-state index contributed by atoms with van der Waals surface area (Å²) in [6, 6.07) is 27.9. The molecule has 5 rings (SSSR count). The molecular weight excluding hydrogens is 545 g/mol. The van der Waals surface area contributed by atoms with Crippen LogP contribution in [-0.4, -0.2) is 64.5 Å². The Morgan fingerprint density at radius 3 is 2.15 bits per heavy atom. The lowest BCUT2D eigenvalue weighted by molar-refractivity contribution is -0.132. The van der Waals surface area contributed by atoms with Crippen molar-refractivity contribution in [3.8, 4) is 11.3 Å². The zero-order valence-electron chi connectivity index (χ0n) is 22.1. The Morgan fingerprint density at radius 2 is 1.52 bits per heavy atom. The third-order valence-corrected chi connectivity index (χ3v) is 7.70. The predicted octanol–water partition coefficient (Wildman–Crippen LogP) is 6.00. The Labute approximate surface area is 243 Å². The second-order valence-corrected chi connectivity index (χ2v) is 10.5. The van der Waals surface area contributed by atoms with Crippen molar-refractivity contribution >= 4 is 40.8 Å². The summed E-state index contributed by atoms with van der Waals surface area (Å²) in [5.74, 6) is 0.337. The molecule has 1 aromatic heterocycles. The molecule has 1 aliphatic rings. The van der Waals surface area contributed by atoms with Crippen LogP contribution in [-0.2, 0) is 4.79 Å². The van der Waals surface area contributed by atoms with Gasteiger partial charge in [0.15, 0.2) is 5.82 Å². The van der Waals surface area contributed by atoms with Crippen LogP contribution in [0.15, 0.2) is 91.0 Å². The van der Waals surface area contributed by atoms with Crippen molar-refractivity contribution in [3.63, 3.8) is 0 Å². The molecular formula is C31H29Cl2N5O2. The lowest BCUT2D eigenvalue weighted by Crippen LogP contribution is -2.52. The highest BCUT2D eigenvalue weighted by Gasteiger charge is 2.30. The van der Waals surface area contributed by atoms with Crippen LogP contribution >= 0.6 is 23.2 Å². The quantitative estimate of drug-likeness (QED) is 0.271. The first-order chi connectivity index (χ1) is 19.4. The van der Waals surface area contributed by atoms with Crippen LogP contribution in [0.2, 0.25) is 10.0 Å². The molecule has 0 saturated carbocycles. The van der Waals surface area contributed by atoms with Gasteiger partial charge in [-0.25, -0.2) is 0 Å². The summed E-state index contributed by atoms with van der Waals surface area (Å²) < 4.78 is 0. The van der Waals surface area contributed by atoms with Crippen LogP contribution in [0.5, 0.6) is 0 Å². The first kappa shape index (κ1) is 27.6. The smallest absolute Gasteiger partial charge is 0.256 e. The molecule has 0 radical (unpaired) electrons. The predicted molar refractivity (Wildman–Crippen MR) is 159 cm³/mol. The Balaban J connectivity index is 1.27. The van der Waals surface area contributed by atoms with Crippen molar-refractivity contribution in [2.45, 2.75) is 13.0 Å². The van der Waals surface area contributed by atoms with Crippen LogP contribution in [0.3, 0.4) is 0 Å². The molecule has 1 aliphatic heterocycles. The summed E-state index contributed by atoms with van der Waals surface area (Å²) in [4.78, 5) is 32.7.